The highest BCUT2D eigenvalue weighted by Gasteiger charge is 2.29. The van der Waals surface area contributed by atoms with E-state index in [1.807, 2.05) is 0 Å². The molecule has 1 aromatic rings. The smallest absolute Gasteiger partial charge is 0.141 e. The van der Waals surface area contributed by atoms with Crippen LogP contribution in [0.4, 0.5) is 0 Å². The van der Waals surface area contributed by atoms with Crippen molar-refractivity contribution in [3.8, 4) is 0 Å². The molecule has 130 valence electrons. The van der Waals surface area contributed by atoms with Crippen LogP contribution in [0.25, 0.3) is 0 Å². The van der Waals surface area contributed by atoms with E-state index in [4.69, 9.17) is 4.74 Å². The number of morpholine rings is 1. The normalized spacial score (nSPS) is 32.0. The molecule has 2 saturated heterocycles. The maximum absolute atomic E-state index is 10.6. The SMILES string of the molecule is CC1CN(CC(O)CN2CCCCC2c2ncn[nH]2)CC(C)O1. The molecule has 0 saturated carbocycles. The highest BCUT2D eigenvalue weighted by molar-refractivity contribution is 4.95. The molecule has 0 radical (unpaired) electrons. The van der Waals surface area contributed by atoms with Crippen LogP contribution in [0.15, 0.2) is 6.33 Å². The van der Waals surface area contributed by atoms with Gasteiger partial charge in [-0.05, 0) is 33.2 Å². The standard InChI is InChI=1S/C16H29N5O2/c1-12-7-20(8-13(2)23-12)9-14(22)10-21-6-4-3-5-15(21)16-17-11-18-19-16/h11-15,22H,3-10H2,1-2H3,(H,17,18,19). The molecule has 0 bridgehead atoms. The van der Waals surface area contributed by atoms with E-state index in [-0.39, 0.29) is 24.4 Å². The van der Waals surface area contributed by atoms with Crippen molar-refractivity contribution < 1.29 is 9.84 Å². The number of piperidine rings is 1. The second kappa shape index (κ2) is 7.70. The fraction of sp³-hybridized carbons (Fsp3) is 0.875. The average Bonchev–Trinajstić information content (AvgIpc) is 3.00. The van der Waals surface area contributed by atoms with Crippen molar-refractivity contribution in [1.82, 2.24) is 25.0 Å². The number of hydrogen-bond donors (Lipinski definition) is 2. The second-order valence-corrected chi connectivity index (χ2v) is 7.01. The molecule has 2 aliphatic rings. The van der Waals surface area contributed by atoms with Gasteiger partial charge in [0.25, 0.3) is 0 Å². The third kappa shape index (κ3) is 4.50. The Morgan fingerprint density at radius 3 is 2.78 bits per heavy atom. The summed E-state index contributed by atoms with van der Waals surface area (Å²) in [5.41, 5.74) is 0. The van der Waals surface area contributed by atoms with Crippen molar-refractivity contribution in [2.75, 3.05) is 32.7 Å². The molecule has 7 heteroatoms. The zero-order chi connectivity index (χ0) is 16.2. The van der Waals surface area contributed by atoms with Gasteiger partial charge in [0.1, 0.15) is 12.2 Å². The van der Waals surface area contributed by atoms with E-state index >= 15 is 0 Å². The van der Waals surface area contributed by atoms with E-state index in [2.05, 4.69) is 38.8 Å². The molecule has 3 heterocycles. The van der Waals surface area contributed by atoms with Gasteiger partial charge in [-0.25, -0.2) is 4.98 Å². The maximum Gasteiger partial charge on any atom is 0.141 e. The zero-order valence-corrected chi connectivity index (χ0v) is 14.2. The van der Waals surface area contributed by atoms with Crippen LogP contribution in [0.5, 0.6) is 0 Å². The fourth-order valence-corrected chi connectivity index (χ4v) is 3.95. The average molecular weight is 323 g/mol. The number of aliphatic hydroxyl groups is 1. The third-order valence-electron chi connectivity index (χ3n) is 4.77. The number of nitrogens with zero attached hydrogens (tertiary/aromatic N) is 4. The van der Waals surface area contributed by atoms with E-state index in [0.717, 1.165) is 31.9 Å². The van der Waals surface area contributed by atoms with Crippen molar-refractivity contribution in [3.05, 3.63) is 12.2 Å². The summed E-state index contributed by atoms with van der Waals surface area (Å²) in [7, 11) is 0. The third-order valence-corrected chi connectivity index (χ3v) is 4.77. The summed E-state index contributed by atoms with van der Waals surface area (Å²) in [4.78, 5) is 8.98. The minimum atomic E-state index is -0.351. The Morgan fingerprint density at radius 1 is 1.30 bits per heavy atom. The van der Waals surface area contributed by atoms with E-state index in [1.165, 1.54) is 12.8 Å². The van der Waals surface area contributed by atoms with Gasteiger partial charge in [-0.3, -0.25) is 14.9 Å². The van der Waals surface area contributed by atoms with Crippen molar-refractivity contribution >= 4 is 0 Å². The minimum absolute atomic E-state index is 0.239. The van der Waals surface area contributed by atoms with Gasteiger partial charge in [-0.1, -0.05) is 6.42 Å². The number of hydrogen-bond acceptors (Lipinski definition) is 6. The van der Waals surface area contributed by atoms with Crippen LogP contribution in [0, 0.1) is 0 Å². The molecule has 2 N–H and O–H groups in total. The van der Waals surface area contributed by atoms with Crippen molar-refractivity contribution in [2.45, 2.75) is 57.5 Å². The van der Waals surface area contributed by atoms with Gasteiger partial charge in [0.15, 0.2) is 0 Å². The first-order chi connectivity index (χ1) is 11.1. The summed E-state index contributed by atoms with van der Waals surface area (Å²) in [5, 5.41) is 17.5. The van der Waals surface area contributed by atoms with E-state index in [0.29, 0.717) is 13.1 Å². The van der Waals surface area contributed by atoms with Gasteiger partial charge in [0, 0.05) is 26.2 Å². The molecular weight excluding hydrogens is 294 g/mol. The van der Waals surface area contributed by atoms with Gasteiger partial charge in [0.2, 0.25) is 0 Å². The molecule has 0 aromatic carbocycles. The first-order valence-electron chi connectivity index (χ1n) is 8.77. The van der Waals surface area contributed by atoms with Gasteiger partial charge in [0.05, 0.1) is 24.4 Å². The van der Waals surface area contributed by atoms with Crippen molar-refractivity contribution in [3.63, 3.8) is 0 Å². The van der Waals surface area contributed by atoms with Crippen LogP contribution in [0.1, 0.15) is 45.0 Å². The van der Waals surface area contributed by atoms with Crippen LogP contribution in [-0.2, 0) is 4.74 Å². The van der Waals surface area contributed by atoms with Crippen molar-refractivity contribution in [1.29, 1.82) is 0 Å². The molecule has 1 aromatic heterocycles. The van der Waals surface area contributed by atoms with E-state index in [1.54, 1.807) is 6.33 Å². The van der Waals surface area contributed by atoms with Crippen LogP contribution in [0.3, 0.4) is 0 Å². The Kier molecular flexibility index (Phi) is 5.63. The highest BCUT2D eigenvalue weighted by Crippen LogP contribution is 2.28. The lowest BCUT2D eigenvalue weighted by atomic mass is 10.0. The number of ether oxygens (including phenoxy) is 1. The van der Waals surface area contributed by atoms with Crippen LogP contribution >= 0.6 is 0 Å². The molecule has 0 aliphatic carbocycles. The highest BCUT2D eigenvalue weighted by atomic mass is 16.5. The number of H-pyrrole nitrogens is 1. The fourth-order valence-electron chi connectivity index (χ4n) is 3.95. The number of rotatable bonds is 5. The van der Waals surface area contributed by atoms with Gasteiger partial charge >= 0.3 is 0 Å². The quantitative estimate of drug-likeness (QED) is 0.835. The van der Waals surface area contributed by atoms with Crippen LogP contribution in [0.2, 0.25) is 0 Å². The number of aromatic amines is 1. The first-order valence-corrected chi connectivity index (χ1v) is 8.77. The lowest BCUT2D eigenvalue weighted by Gasteiger charge is -2.39. The van der Waals surface area contributed by atoms with E-state index in [9.17, 15) is 5.11 Å². The lowest BCUT2D eigenvalue weighted by molar-refractivity contribution is -0.0791. The van der Waals surface area contributed by atoms with Gasteiger partial charge in [-0.2, -0.15) is 5.10 Å². The Bertz CT molecular complexity index is 459. The summed E-state index contributed by atoms with van der Waals surface area (Å²) in [6.07, 6.45) is 5.16. The summed E-state index contributed by atoms with van der Waals surface area (Å²) in [6.45, 7) is 8.39. The molecule has 23 heavy (non-hydrogen) atoms. The predicted molar refractivity (Wildman–Crippen MR) is 87.0 cm³/mol. The summed E-state index contributed by atoms with van der Waals surface area (Å²) >= 11 is 0. The largest absolute Gasteiger partial charge is 0.390 e. The zero-order valence-electron chi connectivity index (χ0n) is 14.2. The molecular formula is C16H29N5O2. The number of β-amino-alcohol motifs (C(OH)–C–C–N with tert-alkyl or cyclic N) is 1. The summed E-state index contributed by atoms with van der Waals surface area (Å²) < 4.78 is 5.76. The maximum atomic E-state index is 10.6. The summed E-state index contributed by atoms with van der Waals surface area (Å²) in [6, 6.07) is 0.253. The van der Waals surface area contributed by atoms with Crippen molar-refractivity contribution in [2.24, 2.45) is 0 Å². The predicted octanol–water partition coefficient (Wildman–Crippen LogP) is 0.802. The van der Waals surface area contributed by atoms with Crippen LogP contribution in [-0.4, -0.2) is 81.1 Å². The second-order valence-electron chi connectivity index (χ2n) is 7.01. The Labute approximate surface area is 138 Å². The number of likely N-dealkylation sites (tertiary alicyclic amines) is 1. The minimum Gasteiger partial charge on any atom is -0.390 e. The number of aliphatic hydroxyl groups excluding tert-OH is 1. The first kappa shape index (κ1) is 16.8. The molecule has 2 aliphatic heterocycles. The van der Waals surface area contributed by atoms with Gasteiger partial charge < -0.3 is 9.84 Å². The topological polar surface area (TPSA) is 77.5 Å². The van der Waals surface area contributed by atoms with Gasteiger partial charge in [-0.15, -0.1) is 0 Å². The number of nitrogens with one attached hydrogen (secondary N) is 1. The Hall–Kier alpha value is -1.02. The number of aromatic nitrogens is 3. The van der Waals surface area contributed by atoms with Crippen LogP contribution < -0.4 is 0 Å². The summed E-state index contributed by atoms with van der Waals surface area (Å²) in [5.74, 6) is 0.922. The molecule has 4 unspecified atom stereocenters. The van der Waals surface area contributed by atoms with E-state index < -0.39 is 0 Å². The molecule has 2 fully saturated rings. The molecule has 7 nitrogen and oxygen atoms in total. The molecule has 3 rings (SSSR count). The molecule has 0 spiro atoms. The Morgan fingerprint density at radius 2 is 2.09 bits per heavy atom. The Balaban J connectivity index is 1.54. The monoisotopic (exact) mass is 323 g/mol. The molecule has 0 amide bonds. The molecule has 4 atom stereocenters. The lowest BCUT2D eigenvalue weighted by Crippen LogP contribution is -2.50.